The van der Waals surface area contributed by atoms with Crippen molar-refractivity contribution in [3.8, 4) is 0 Å². The number of hydrogen-bond donors (Lipinski definition) is 2. The fourth-order valence-electron chi connectivity index (χ4n) is 1.98. The molecule has 2 atom stereocenters. The minimum absolute atomic E-state index is 0.391. The molecule has 0 amide bonds. The van der Waals surface area contributed by atoms with E-state index in [2.05, 4.69) is 43.4 Å². The van der Waals surface area contributed by atoms with Gasteiger partial charge in [0.05, 0.1) is 6.10 Å². The zero-order valence-electron chi connectivity index (χ0n) is 10.8. The Balaban J connectivity index is 1.87. The van der Waals surface area contributed by atoms with E-state index in [1.54, 1.807) is 0 Å². The third kappa shape index (κ3) is 3.55. The average molecular weight is 233 g/mol. The molecular weight excluding hydrogens is 210 g/mol. The molecule has 1 fully saturated rings. The SMILES string of the molecule is CCC(C)NCC(O)c1ccc(C2CC2)cc1. The predicted molar refractivity (Wildman–Crippen MR) is 71.1 cm³/mol. The van der Waals surface area contributed by atoms with Gasteiger partial charge in [-0.1, -0.05) is 31.2 Å². The summed E-state index contributed by atoms with van der Waals surface area (Å²) in [4.78, 5) is 0. The third-order valence-electron chi connectivity index (χ3n) is 3.64. The van der Waals surface area contributed by atoms with Crippen molar-refractivity contribution in [2.24, 2.45) is 0 Å². The van der Waals surface area contributed by atoms with Crippen molar-refractivity contribution in [1.82, 2.24) is 5.32 Å². The molecule has 2 heteroatoms. The molecule has 1 aromatic rings. The zero-order chi connectivity index (χ0) is 12.3. The summed E-state index contributed by atoms with van der Waals surface area (Å²) in [5, 5.41) is 13.4. The average Bonchev–Trinajstić information content (AvgIpc) is 3.20. The van der Waals surface area contributed by atoms with Crippen LogP contribution in [-0.4, -0.2) is 17.7 Å². The summed E-state index contributed by atoms with van der Waals surface area (Å²) in [5.41, 5.74) is 2.45. The van der Waals surface area contributed by atoms with Crippen LogP contribution in [0, 0.1) is 0 Å². The summed E-state index contributed by atoms with van der Waals surface area (Å²) in [5.74, 6) is 0.791. The lowest BCUT2D eigenvalue weighted by Gasteiger charge is -2.16. The maximum Gasteiger partial charge on any atom is 0.0914 e. The summed E-state index contributed by atoms with van der Waals surface area (Å²) >= 11 is 0. The van der Waals surface area contributed by atoms with Gasteiger partial charge in [-0.05, 0) is 43.2 Å². The summed E-state index contributed by atoms with van der Waals surface area (Å²) in [6.07, 6.45) is 3.36. The second-order valence-corrected chi connectivity index (χ2v) is 5.17. The van der Waals surface area contributed by atoms with Crippen LogP contribution in [0.5, 0.6) is 0 Å². The first kappa shape index (κ1) is 12.6. The molecular formula is C15H23NO. The maximum absolute atomic E-state index is 10.0. The van der Waals surface area contributed by atoms with Gasteiger partial charge in [-0.25, -0.2) is 0 Å². The van der Waals surface area contributed by atoms with Crippen LogP contribution in [0.15, 0.2) is 24.3 Å². The van der Waals surface area contributed by atoms with Gasteiger partial charge in [0.2, 0.25) is 0 Å². The maximum atomic E-state index is 10.0. The molecule has 0 radical (unpaired) electrons. The van der Waals surface area contributed by atoms with Crippen molar-refractivity contribution in [3.63, 3.8) is 0 Å². The Hall–Kier alpha value is -0.860. The highest BCUT2D eigenvalue weighted by atomic mass is 16.3. The summed E-state index contributed by atoms with van der Waals surface area (Å²) in [7, 11) is 0. The van der Waals surface area contributed by atoms with E-state index in [4.69, 9.17) is 0 Å². The molecule has 2 N–H and O–H groups in total. The predicted octanol–water partition coefficient (Wildman–Crippen LogP) is 2.99. The lowest BCUT2D eigenvalue weighted by molar-refractivity contribution is 0.170. The van der Waals surface area contributed by atoms with Crippen molar-refractivity contribution in [2.45, 2.75) is 51.2 Å². The molecule has 0 spiro atoms. The quantitative estimate of drug-likeness (QED) is 0.791. The number of benzene rings is 1. The number of rotatable bonds is 6. The molecule has 1 aliphatic rings. The van der Waals surface area contributed by atoms with Gasteiger partial charge in [0.25, 0.3) is 0 Å². The van der Waals surface area contributed by atoms with Gasteiger partial charge < -0.3 is 10.4 Å². The Morgan fingerprint density at radius 3 is 2.47 bits per heavy atom. The van der Waals surface area contributed by atoms with E-state index in [0.29, 0.717) is 12.6 Å². The Kier molecular flexibility index (Phi) is 4.19. The minimum Gasteiger partial charge on any atom is -0.387 e. The molecule has 1 saturated carbocycles. The van der Waals surface area contributed by atoms with Crippen LogP contribution in [0.4, 0.5) is 0 Å². The zero-order valence-corrected chi connectivity index (χ0v) is 10.8. The number of aliphatic hydroxyl groups is 1. The fraction of sp³-hybridized carbons (Fsp3) is 0.600. The lowest BCUT2D eigenvalue weighted by atomic mass is 10.0. The van der Waals surface area contributed by atoms with Gasteiger partial charge >= 0.3 is 0 Å². The third-order valence-corrected chi connectivity index (χ3v) is 3.64. The van der Waals surface area contributed by atoms with E-state index in [0.717, 1.165) is 17.9 Å². The molecule has 2 unspecified atom stereocenters. The molecule has 1 aromatic carbocycles. The first-order chi connectivity index (χ1) is 8.20. The van der Waals surface area contributed by atoms with Gasteiger partial charge in [0, 0.05) is 12.6 Å². The Labute approximate surface area is 104 Å². The summed E-state index contributed by atoms with van der Waals surface area (Å²) in [6, 6.07) is 8.93. The normalized spacial score (nSPS) is 19.0. The van der Waals surface area contributed by atoms with E-state index < -0.39 is 6.10 Å². The van der Waals surface area contributed by atoms with Gasteiger partial charge in [-0.15, -0.1) is 0 Å². The molecule has 17 heavy (non-hydrogen) atoms. The van der Waals surface area contributed by atoms with Crippen molar-refractivity contribution in [1.29, 1.82) is 0 Å². The second-order valence-electron chi connectivity index (χ2n) is 5.17. The Morgan fingerprint density at radius 1 is 1.29 bits per heavy atom. The first-order valence-electron chi connectivity index (χ1n) is 6.72. The second kappa shape index (κ2) is 5.65. The van der Waals surface area contributed by atoms with Crippen LogP contribution < -0.4 is 5.32 Å². The van der Waals surface area contributed by atoms with Crippen molar-refractivity contribution >= 4 is 0 Å². The van der Waals surface area contributed by atoms with Crippen LogP contribution >= 0.6 is 0 Å². The highest BCUT2D eigenvalue weighted by Gasteiger charge is 2.23. The number of nitrogens with one attached hydrogen (secondary N) is 1. The standard InChI is InChI=1S/C15H23NO/c1-3-11(2)16-10-15(17)14-8-6-13(7-9-14)12-4-5-12/h6-9,11-12,15-17H,3-5,10H2,1-2H3. The molecule has 2 nitrogen and oxygen atoms in total. The molecule has 0 heterocycles. The van der Waals surface area contributed by atoms with E-state index in [9.17, 15) is 5.11 Å². The number of aliphatic hydroxyl groups excluding tert-OH is 1. The van der Waals surface area contributed by atoms with Crippen molar-refractivity contribution in [2.75, 3.05) is 6.54 Å². The van der Waals surface area contributed by atoms with Crippen molar-refractivity contribution in [3.05, 3.63) is 35.4 Å². The van der Waals surface area contributed by atoms with E-state index in [-0.39, 0.29) is 0 Å². The van der Waals surface area contributed by atoms with Gasteiger partial charge in [0.15, 0.2) is 0 Å². The monoisotopic (exact) mass is 233 g/mol. The largest absolute Gasteiger partial charge is 0.387 e. The minimum atomic E-state index is -0.391. The van der Waals surface area contributed by atoms with Gasteiger partial charge in [0.1, 0.15) is 0 Å². The van der Waals surface area contributed by atoms with Crippen LogP contribution in [-0.2, 0) is 0 Å². The van der Waals surface area contributed by atoms with Crippen LogP contribution in [0.1, 0.15) is 56.3 Å². The highest BCUT2D eigenvalue weighted by Crippen LogP contribution is 2.40. The van der Waals surface area contributed by atoms with E-state index >= 15 is 0 Å². The van der Waals surface area contributed by atoms with E-state index in [1.165, 1.54) is 18.4 Å². The van der Waals surface area contributed by atoms with Crippen LogP contribution in [0.3, 0.4) is 0 Å². The first-order valence-corrected chi connectivity index (χ1v) is 6.72. The smallest absolute Gasteiger partial charge is 0.0914 e. The number of hydrogen-bond acceptors (Lipinski definition) is 2. The van der Waals surface area contributed by atoms with E-state index in [1.807, 2.05) is 0 Å². The lowest BCUT2D eigenvalue weighted by Crippen LogP contribution is -2.29. The molecule has 0 saturated heterocycles. The molecule has 0 aliphatic heterocycles. The summed E-state index contributed by atoms with van der Waals surface area (Å²) < 4.78 is 0. The molecule has 1 aliphatic carbocycles. The van der Waals surface area contributed by atoms with Gasteiger partial charge in [-0.2, -0.15) is 0 Å². The van der Waals surface area contributed by atoms with Crippen LogP contribution in [0.2, 0.25) is 0 Å². The topological polar surface area (TPSA) is 32.3 Å². The van der Waals surface area contributed by atoms with Gasteiger partial charge in [-0.3, -0.25) is 0 Å². The van der Waals surface area contributed by atoms with Crippen LogP contribution in [0.25, 0.3) is 0 Å². The van der Waals surface area contributed by atoms with Crippen molar-refractivity contribution < 1.29 is 5.11 Å². The Morgan fingerprint density at radius 2 is 1.94 bits per heavy atom. The fourth-order valence-corrected chi connectivity index (χ4v) is 1.98. The highest BCUT2D eigenvalue weighted by molar-refractivity contribution is 5.29. The Bertz CT molecular complexity index is 342. The molecule has 0 aromatic heterocycles. The molecule has 2 rings (SSSR count). The summed E-state index contributed by atoms with van der Waals surface area (Å²) in [6.45, 7) is 4.93. The molecule has 94 valence electrons. The molecule has 0 bridgehead atoms.